The third-order valence-corrected chi connectivity index (χ3v) is 5.01. The Morgan fingerprint density at radius 1 is 1.04 bits per heavy atom. The summed E-state index contributed by atoms with van der Waals surface area (Å²) in [5, 5.41) is 3.56. The van der Waals surface area contributed by atoms with Gasteiger partial charge in [0.15, 0.2) is 0 Å². The largest absolute Gasteiger partial charge is 0.433 e. The molecular formula is C20H20F3N5. The van der Waals surface area contributed by atoms with E-state index in [-0.39, 0.29) is 0 Å². The zero-order valence-corrected chi connectivity index (χ0v) is 15.4. The molecule has 1 saturated heterocycles. The van der Waals surface area contributed by atoms with Gasteiger partial charge in [-0.1, -0.05) is 0 Å². The van der Waals surface area contributed by atoms with Crippen LogP contribution in [0.25, 0.3) is 22.3 Å². The summed E-state index contributed by atoms with van der Waals surface area (Å²) in [7, 11) is 2.12. The van der Waals surface area contributed by atoms with E-state index in [4.69, 9.17) is 0 Å². The summed E-state index contributed by atoms with van der Waals surface area (Å²) in [6, 6.07) is 8.20. The van der Waals surface area contributed by atoms with Crippen molar-refractivity contribution in [1.82, 2.24) is 19.9 Å². The van der Waals surface area contributed by atoms with E-state index in [0.717, 1.165) is 43.2 Å². The highest BCUT2D eigenvalue weighted by atomic mass is 19.4. The van der Waals surface area contributed by atoms with E-state index in [1.807, 2.05) is 12.1 Å². The van der Waals surface area contributed by atoms with Crippen LogP contribution in [0.3, 0.4) is 0 Å². The molecule has 0 unspecified atom stereocenters. The van der Waals surface area contributed by atoms with Gasteiger partial charge in [-0.15, -0.1) is 0 Å². The third-order valence-electron chi connectivity index (χ3n) is 5.01. The Hall–Kier alpha value is -2.74. The average molecular weight is 387 g/mol. The predicted molar refractivity (Wildman–Crippen MR) is 102 cm³/mol. The number of rotatable bonds is 3. The van der Waals surface area contributed by atoms with E-state index < -0.39 is 11.9 Å². The first-order valence-electron chi connectivity index (χ1n) is 9.14. The predicted octanol–water partition coefficient (Wildman–Crippen LogP) is 4.22. The smallest absolute Gasteiger partial charge is 0.380 e. The van der Waals surface area contributed by atoms with Crippen LogP contribution in [0, 0.1) is 0 Å². The maximum Gasteiger partial charge on any atom is 0.433 e. The number of fused-ring (bicyclic) bond motifs is 1. The van der Waals surface area contributed by atoms with Gasteiger partial charge in [0.2, 0.25) is 0 Å². The number of hydrogen-bond acceptors (Lipinski definition) is 5. The second-order valence-electron chi connectivity index (χ2n) is 7.07. The van der Waals surface area contributed by atoms with Crippen LogP contribution in [0.4, 0.5) is 18.9 Å². The van der Waals surface area contributed by atoms with Crippen molar-refractivity contribution in [3.8, 4) is 11.3 Å². The first kappa shape index (κ1) is 18.6. The fourth-order valence-electron chi connectivity index (χ4n) is 3.39. The Labute approximate surface area is 160 Å². The zero-order chi connectivity index (χ0) is 19.7. The van der Waals surface area contributed by atoms with Gasteiger partial charge in [-0.25, -0.2) is 4.98 Å². The lowest BCUT2D eigenvalue weighted by Crippen LogP contribution is -2.36. The van der Waals surface area contributed by atoms with Crippen LogP contribution in [0.15, 0.2) is 42.7 Å². The second kappa shape index (κ2) is 7.35. The van der Waals surface area contributed by atoms with Crippen LogP contribution in [0.1, 0.15) is 18.5 Å². The zero-order valence-electron chi connectivity index (χ0n) is 15.4. The van der Waals surface area contributed by atoms with E-state index >= 15 is 0 Å². The Morgan fingerprint density at radius 2 is 1.82 bits per heavy atom. The summed E-state index contributed by atoms with van der Waals surface area (Å²) in [6.07, 6.45) is 0.578. The summed E-state index contributed by atoms with van der Waals surface area (Å²) in [5.41, 5.74) is 2.52. The molecule has 3 aromatic rings. The van der Waals surface area contributed by atoms with Gasteiger partial charge >= 0.3 is 6.18 Å². The molecule has 1 fully saturated rings. The van der Waals surface area contributed by atoms with Crippen LogP contribution >= 0.6 is 0 Å². The maximum absolute atomic E-state index is 12.7. The number of pyridine rings is 3. The summed E-state index contributed by atoms with van der Waals surface area (Å²) in [4.78, 5) is 14.8. The number of piperidine rings is 1. The fourth-order valence-corrected chi connectivity index (χ4v) is 3.39. The molecule has 28 heavy (non-hydrogen) atoms. The highest BCUT2D eigenvalue weighted by Gasteiger charge is 2.32. The first-order chi connectivity index (χ1) is 13.4. The van der Waals surface area contributed by atoms with Crippen molar-refractivity contribution in [3.63, 3.8) is 0 Å². The highest BCUT2D eigenvalue weighted by Crippen LogP contribution is 2.30. The normalized spacial score (nSPS) is 16.4. The van der Waals surface area contributed by atoms with Crippen molar-refractivity contribution in [2.45, 2.75) is 25.1 Å². The second-order valence-corrected chi connectivity index (χ2v) is 7.07. The van der Waals surface area contributed by atoms with Gasteiger partial charge in [0.25, 0.3) is 0 Å². The molecule has 0 bridgehead atoms. The number of alkyl halides is 3. The SMILES string of the molecule is CN1CCC(Nc2ccnc3ccc(-c4ccc(C(F)(F)F)nc4)nc23)CC1. The number of hydrogen-bond donors (Lipinski definition) is 1. The Bertz CT molecular complexity index is 964. The molecule has 1 aliphatic heterocycles. The van der Waals surface area contributed by atoms with Gasteiger partial charge in [0, 0.05) is 24.0 Å². The van der Waals surface area contributed by atoms with Crippen molar-refractivity contribution in [2.75, 3.05) is 25.5 Å². The molecule has 4 rings (SSSR count). The minimum absolute atomic E-state index is 0.361. The monoisotopic (exact) mass is 387 g/mol. The quantitative estimate of drug-likeness (QED) is 0.729. The minimum Gasteiger partial charge on any atom is -0.380 e. The van der Waals surface area contributed by atoms with Gasteiger partial charge in [0.05, 0.1) is 16.9 Å². The lowest BCUT2D eigenvalue weighted by Gasteiger charge is -2.30. The molecule has 0 aliphatic carbocycles. The van der Waals surface area contributed by atoms with E-state index in [1.54, 1.807) is 12.3 Å². The maximum atomic E-state index is 12.7. The lowest BCUT2D eigenvalue weighted by atomic mass is 10.0. The number of aromatic nitrogens is 3. The molecular weight excluding hydrogens is 367 g/mol. The molecule has 3 aromatic heterocycles. The molecule has 0 radical (unpaired) electrons. The van der Waals surface area contributed by atoms with E-state index in [0.29, 0.717) is 22.8 Å². The molecule has 146 valence electrons. The van der Waals surface area contributed by atoms with Gasteiger partial charge in [-0.05, 0) is 63.3 Å². The topological polar surface area (TPSA) is 53.9 Å². The fraction of sp³-hybridized carbons (Fsp3) is 0.350. The summed E-state index contributed by atoms with van der Waals surface area (Å²) in [5.74, 6) is 0. The number of anilines is 1. The number of likely N-dealkylation sites (tertiary alicyclic amines) is 1. The van der Waals surface area contributed by atoms with Crippen molar-refractivity contribution in [3.05, 3.63) is 48.4 Å². The van der Waals surface area contributed by atoms with Gasteiger partial charge < -0.3 is 10.2 Å². The Morgan fingerprint density at radius 3 is 2.50 bits per heavy atom. The van der Waals surface area contributed by atoms with Crippen molar-refractivity contribution >= 4 is 16.7 Å². The Kier molecular flexibility index (Phi) is 4.89. The Balaban J connectivity index is 1.64. The van der Waals surface area contributed by atoms with Gasteiger partial charge in [0.1, 0.15) is 11.2 Å². The lowest BCUT2D eigenvalue weighted by molar-refractivity contribution is -0.141. The number of nitrogens with zero attached hydrogens (tertiary/aromatic N) is 4. The molecule has 1 aliphatic rings. The standard InChI is InChI=1S/C20H20F3N5/c1-28-10-7-14(8-11-28)26-17-6-9-24-16-4-3-15(27-19(16)17)13-2-5-18(25-12-13)20(21,22)23/h2-6,9,12,14H,7-8,10-11H2,1H3,(H,24,26). The molecule has 5 nitrogen and oxygen atoms in total. The average Bonchev–Trinajstić information content (AvgIpc) is 2.69. The summed E-state index contributed by atoms with van der Waals surface area (Å²) in [6.45, 7) is 2.08. The molecule has 0 spiro atoms. The van der Waals surface area contributed by atoms with E-state index in [9.17, 15) is 13.2 Å². The summed E-state index contributed by atoms with van der Waals surface area (Å²) < 4.78 is 38.2. The molecule has 1 N–H and O–H groups in total. The molecule has 0 aromatic carbocycles. The van der Waals surface area contributed by atoms with Crippen molar-refractivity contribution in [2.24, 2.45) is 0 Å². The molecule has 0 atom stereocenters. The van der Waals surface area contributed by atoms with Gasteiger partial charge in [-0.3, -0.25) is 9.97 Å². The van der Waals surface area contributed by atoms with Crippen LogP contribution in [0.2, 0.25) is 0 Å². The molecule has 0 saturated carbocycles. The third kappa shape index (κ3) is 3.91. The highest BCUT2D eigenvalue weighted by molar-refractivity contribution is 5.89. The van der Waals surface area contributed by atoms with Crippen molar-refractivity contribution in [1.29, 1.82) is 0 Å². The van der Waals surface area contributed by atoms with Crippen LogP contribution in [-0.4, -0.2) is 46.0 Å². The molecule has 0 amide bonds. The summed E-state index contributed by atoms with van der Waals surface area (Å²) >= 11 is 0. The molecule has 4 heterocycles. The van der Waals surface area contributed by atoms with Crippen LogP contribution < -0.4 is 5.32 Å². The van der Waals surface area contributed by atoms with Crippen molar-refractivity contribution < 1.29 is 13.2 Å². The molecule has 8 heteroatoms. The van der Waals surface area contributed by atoms with Crippen LogP contribution in [-0.2, 0) is 6.18 Å². The number of nitrogens with one attached hydrogen (secondary N) is 1. The van der Waals surface area contributed by atoms with E-state index in [1.165, 1.54) is 12.3 Å². The first-order valence-corrected chi connectivity index (χ1v) is 9.14. The van der Waals surface area contributed by atoms with Gasteiger partial charge in [-0.2, -0.15) is 13.2 Å². The van der Waals surface area contributed by atoms with Crippen LogP contribution in [0.5, 0.6) is 0 Å². The number of halogens is 3. The van der Waals surface area contributed by atoms with E-state index in [2.05, 4.69) is 32.2 Å². The minimum atomic E-state index is -4.45.